The van der Waals surface area contributed by atoms with Gasteiger partial charge in [-0.2, -0.15) is 5.26 Å². The number of carbonyl (C=O) groups excluding carboxylic acids is 1. The second-order valence-corrected chi connectivity index (χ2v) is 5.40. The number of ether oxygens (including phenoxy) is 1. The largest absolute Gasteiger partial charge is 0.497 e. The minimum Gasteiger partial charge on any atom is -0.497 e. The van der Waals surface area contributed by atoms with Gasteiger partial charge in [-0.25, -0.2) is 0 Å². The number of nitrogens with zero attached hydrogens (tertiary/aromatic N) is 2. The fraction of sp³-hybridized carbons (Fsp3) is 0.222. The Morgan fingerprint density at radius 1 is 1.23 bits per heavy atom. The van der Waals surface area contributed by atoms with Crippen LogP contribution in [0.15, 0.2) is 42.5 Å². The monoisotopic (exact) mass is 292 g/mol. The highest BCUT2D eigenvalue weighted by molar-refractivity contribution is 5.99. The summed E-state index contributed by atoms with van der Waals surface area (Å²) >= 11 is 0. The lowest BCUT2D eigenvalue weighted by molar-refractivity contribution is 0.0744. The van der Waals surface area contributed by atoms with Crippen LogP contribution in [0.4, 0.5) is 0 Å². The minimum absolute atomic E-state index is 0.0858. The number of hydrogen-bond donors (Lipinski definition) is 0. The second-order valence-electron chi connectivity index (χ2n) is 5.40. The maximum Gasteiger partial charge on any atom is 0.255 e. The Morgan fingerprint density at radius 2 is 1.95 bits per heavy atom. The highest BCUT2D eigenvalue weighted by Gasteiger charge is 2.36. The third-order valence-electron chi connectivity index (χ3n) is 3.94. The molecule has 1 aliphatic heterocycles. The van der Waals surface area contributed by atoms with Gasteiger partial charge in [0.25, 0.3) is 5.91 Å². The molecule has 0 N–H and O–H groups in total. The number of aryl methyl sites for hydroxylation is 1. The molecule has 0 spiro atoms. The predicted molar refractivity (Wildman–Crippen MR) is 82.4 cm³/mol. The summed E-state index contributed by atoms with van der Waals surface area (Å²) in [5.74, 6) is 0.685. The Morgan fingerprint density at radius 3 is 2.59 bits per heavy atom. The van der Waals surface area contributed by atoms with Gasteiger partial charge in [-0.05, 0) is 30.7 Å². The predicted octanol–water partition coefficient (Wildman–Crippen LogP) is 3.22. The van der Waals surface area contributed by atoms with Crippen LogP contribution in [-0.4, -0.2) is 17.9 Å². The maximum absolute atomic E-state index is 12.6. The van der Waals surface area contributed by atoms with E-state index in [2.05, 4.69) is 6.07 Å². The number of nitriles is 1. The molecule has 0 aromatic heterocycles. The number of hydrogen-bond acceptors (Lipinski definition) is 3. The smallest absolute Gasteiger partial charge is 0.255 e. The molecule has 110 valence electrons. The van der Waals surface area contributed by atoms with E-state index >= 15 is 0 Å². The molecule has 22 heavy (non-hydrogen) atoms. The van der Waals surface area contributed by atoms with E-state index < -0.39 is 6.04 Å². The lowest BCUT2D eigenvalue weighted by atomic mass is 10.0. The number of fused-ring (bicyclic) bond motifs is 1. The van der Waals surface area contributed by atoms with Crippen molar-refractivity contribution < 1.29 is 9.53 Å². The molecule has 2 aromatic carbocycles. The van der Waals surface area contributed by atoms with Crippen LogP contribution in [0.5, 0.6) is 5.75 Å². The molecule has 0 aliphatic carbocycles. The average molecular weight is 292 g/mol. The van der Waals surface area contributed by atoms with Gasteiger partial charge in [-0.15, -0.1) is 0 Å². The van der Waals surface area contributed by atoms with Crippen LogP contribution in [0.3, 0.4) is 0 Å². The van der Waals surface area contributed by atoms with Crippen molar-refractivity contribution in [2.24, 2.45) is 0 Å². The summed E-state index contributed by atoms with van der Waals surface area (Å²) in [5.41, 5.74) is 3.46. The molecule has 0 saturated carbocycles. The van der Waals surface area contributed by atoms with Crippen molar-refractivity contribution in [1.82, 2.24) is 4.90 Å². The van der Waals surface area contributed by atoms with Gasteiger partial charge in [0.05, 0.1) is 13.2 Å². The van der Waals surface area contributed by atoms with Crippen LogP contribution in [-0.2, 0) is 6.54 Å². The van der Waals surface area contributed by atoms with Crippen LogP contribution < -0.4 is 4.74 Å². The molecule has 1 atom stereocenters. The van der Waals surface area contributed by atoms with Gasteiger partial charge in [0.1, 0.15) is 11.8 Å². The summed E-state index contributed by atoms with van der Waals surface area (Å²) in [7, 11) is 1.61. The topological polar surface area (TPSA) is 53.3 Å². The summed E-state index contributed by atoms with van der Waals surface area (Å²) in [6, 6.07) is 14.9. The number of rotatable bonds is 3. The zero-order chi connectivity index (χ0) is 15.7. The maximum atomic E-state index is 12.6. The van der Waals surface area contributed by atoms with E-state index in [-0.39, 0.29) is 5.91 Å². The van der Waals surface area contributed by atoms with Crippen LogP contribution in [0, 0.1) is 18.3 Å². The van der Waals surface area contributed by atoms with E-state index in [4.69, 9.17) is 4.74 Å². The first-order chi connectivity index (χ1) is 10.6. The first-order valence-corrected chi connectivity index (χ1v) is 7.08. The molecule has 0 radical (unpaired) electrons. The zero-order valence-corrected chi connectivity index (χ0v) is 12.5. The van der Waals surface area contributed by atoms with E-state index in [9.17, 15) is 10.1 Å². The molecule has 2 aromatic rings. The molecule has 1 amide bonds. The standard InChI is InChI=1S/C18H16N2O2/c1-12-3-8-15-16(9-12)17(10-19)20(18(15)21)11-13-4-6-14(22-2)7-5-13/h3-9,17H,11H2,1-2H3. The highest BCUT2D eigenvalue weighted by atomic mass is 16.5. The normalized spacial score (nSPS) is 16.3. The first-order valence-electron chi connectivity index (χ1n) is 7.08. The van der Waals surface area contributed by atoms with Crippen molar-refractivity contribution in [3.05, 3.63) is 64.7 Å². The lowest BCUT2D eigenvalue weighted by Gasteiger charge is -2.20. The van der Waals surface area contributed by atoms with Crippen molar-refractivity contribution >= 4 is 5.91 Å². The van der Waals surface area contributed by atoms with Crippen molar-refractivity contribution in [3.8, 4) is 11.8 Å². The highest BCUT2D eigenvalue weighted by Crippen LogP contribution is 2.35. The number of amides is 1. The van der Waals surface area contributed by atoms with Gasteiger partial charge in [0, 0.05) is 17.7 Å². The third-order valence-corrected chi connectivity index (χ3v) is 3.94. The molecule has 0 fully saturated rings. The van der Waals surface area contributed by atoms with Gasteiger partial charge >= 0.3 is 0 Å². The molecule has 1 heterocycles. The van der Waals surface area contributed by atoms with Crippen molar-refractivity contribution in [3.63, 3.8) is 0 Å². The molecule has 0 bridgehead atoms. The van der Waals surface area contributed by atoms with Gasteiger partial charge in [0.2, 0.25) is 0 Å². The molecule has 3 rings (SSSR count). The Labute approximate surface area is 129 Å². The van der Waals surface area contributed by atoms with E-state index in [1.54, 1.807) is 12.0 Å². The van der Waals surface area contributed by atoms with Gasteiger partial charge in [-0.3, -0.25) is 4.79 Å². The first kappa shape index (κ1) is 14.2. The summed E-state index contributed by atoms with van der Waals surface area (Å²) in [6.45, 7) is 2.38. The quantitative estimate of drug-likeness (QED) is 0.872. The molecule has 4 heteroatoms. The van der Waals surface area contributed by atoms with Gasteiger partial charge < -0.3 is 9.64 Å². The van der Waals surface area contributed by atoms with Crippen molar-refractivity contribution in [1.29, 1.82) is 5.26 Å². The summed E-state index contributed by atoms with van der Waals surface area (Å²) in [5, 5.41) is 9.49. The second kappa shape index (κ2) is 5.53. The Kier molecular flexibility index (Phi) is 3.56. The number of methoxy groups -OCH3 is 1. The average Bonchev–Trinajstić information content (AvgIpc) is 2.79. The van der Waals surface area contributed by atoms with Crippen LogP contribution >= 0.6 is 0 Å². The number of carbonyl (C=O) groups is 1. The minimum atomic E-state index is -0.524. The molecular weight excluding hydrogens is 276 g/mol. The number of benzene rings is 2. The Balaban J connectivity index is 1.91. The van der Waals surface area contributed by atoms with E-state index in [0.717, 1.165) is 22.4 Å². The van der Waals surface area contributed by atoms with Gasteiger partial charge in [-0.1, -0.05) is 29.8 Å². The Bertz CT molecular complexity index is 760. The Hall–Kier alpha value is -2.80. The zero-order valence-electron chi connectivity index (χ0n) is 12.5. The van der Waals surface area contributed by atoms with Crippen LogP contribution in [0.2, 0.25) is 0 Å². The van der Waals surface area contributed by atoms with E-state index in [1.807, 2.05) is 49.4 Å². The molecular formula is C18H16N2O2. The SMILES string of the molecule is COc1ccc(CN2C(=O)c3ccc(C)cc3C2C#N)cc1. The van der Waals surface area contributed by atoms with Gasteiger partial charge in [0.15, 0.2) is 0 Å². The van der Waals surface area contributed by atoms with Crippen LogP contribution in [0.25, 0.3) is 0 Å². The fourth-order valence-electron chi connectivity index (χ4n) is 2.77. The van der Waals surface area contributed by atoms with E-state index in [0.29, 0.717) is 12.1 Å². The summed E-state index contributed by atoms with van der Waals surface area (Å²) in [4.78, 5) is 14.2. The van der Waals surface area contributed by atoms with E-state index in [1.165, 1.54) is 0 Å². The third kappa shape index (κ3) is 2.31. The molecule has 0 saturated heterocycles. The molecule has 4 nitrogen and oxygen atoms in total. The summed E-state index contributed by atoms with van der Waals surface area (Å²) < 4.78 is 5.13. The lowest BCUT2D eigenvalue weighted by Crippen LogP contribution is -2.26. The van der Waals surface area contributed by atoms with Crippen molar-refractivity contribution in [2.45, 2.75) is 19.5 Å². The molecule has 1 unspecified atom stereocenters. The molecule has 1 aliphatic rings. The fourth-order valence-corrected chi connectivity index (χ4v) is 2.77. The summed E-state index contributed by atoms with van der Waals surface area (Å²) in [6.07, 6.45) is 0. The van der Waals surface area contributed by atoms with Crippen molar-refractivity contribution in [2.75, 3.05) is 7.11 Å². The van der Waals surface area contributed by atoms with Crippen LogP contribution in [0.1, 0.15) is 33.1 Å².